The van der Waals surface area contributed by atoms with E-state index in [4.69, 9.17) is 4.74 Å². The van der Waals surface area contributed by atoms with Crippen molar-refractivity contribution in [2.24, 2.45) is 4.99 Å². The number of alkyl halides is 2. The second-order valence-electron chi connectivity index (χ2n) is 6.51. The van der Waals surface area contributed by atoms with Crippen molar-refractivity contribution in [2.75, 3.05) is 34.8 Å². The molecule has 6 nitrogen and oxygen atoms in total. The third-order valence-electron chi connectivity index (χ3n) is 4.44. The molecule has 2 rings (SSSR count). The molecule has 2 aromatic carbocycles. The summed E-state index contributed by atoms with van der Waals surface area (Å²) >= 11 is 0. The molecule has 0 heterocycles. The van der Waals surface area contributed by atoms with Crippen LogP contribution in [0.15, 0.2) is 53.5 Å². The van der Waals surface area contributed by atoms with E-state index in [0.29, 0.717) is 24.6 Å². The summed E-state index contributed by atoms with van der Waals surface area (Å²) in [6.07, 6.45) is 0. The van der Waals surface area contributed by atoms with Crippen LogP contribution >= 0.6 is 0 Å². The van der Waals surface area contributed by atoms with Crippen molar-refractivity contribution in [3.8, 4) is 11.5 Å². The number of hydrogen-bond donors (Lipinski definition) is 2. The fourth-order valence-corrected chi connectivity index (χ4v) is 2.97. The van der Waals surface area contributed by atoms with E-state index in [9.17, 15) is 8.78 Å². The van der Waals surface area contributed by atoms with Gasteiger partial charge in [-0.3, -0.25) is 4.99 Å². The van der Waals surface area contributed by atoms with Gasteiger partial charge in [-0.25, -0.2) is 0 Å². The molecule has 0 aromatic heterocycles. The van der Waals surface area contributed by atoms with E-state index < -0.39 is 6.61 Å². The van der Waals surface area contributed by atoms with E-state index in [2.05, 4.69) is 25.3 Å². The van der Waals surface area contributed by atoms with Crippen LogP contribution in [0, 0.1) is 0 Å². The third kappa shape index (κ3) is 6.60. The van der Waals surface area contributed by atoms with E-state index >= 15 is 0 Å². The van der Waals surface area contributed by atoms with E-state index in [0.717, 1.165) is 11.3 Å². The zero-order valence-electron chi connectivity index (χ0n) is 17.2. The lowest BCUT2D eigenvalue weighted by atomic mass is 10.0. The van der Waals surface area contributed by atoms with Gasteiger partial charge in [-0.05, 0) is 26.2 Å². The Morgan fingerprint density at radius 1 is 1.03 bits per heavy atom. The lowest BCUT2D eigenvalue weighted by Gasteiger charge is -2.27. The Morgan fingerprint density at radius 2 is 1.69 bits per heavy atom. The third-order valence-corrected chi connectivity index (χ3v) is 4.44. The van der Waals surface area contributed by atoms with E-state index in [-0.39, 0.29) is 11.8 Å². The normalized spacial score (nSPS) is 12.8. The molecule has 158 valence electrons. The number of halogens is 2. The predicted octanol–water partition coefficient (Wildman–Crippen LogP) is 3.26. The number of rotatable bonds is 9. The fourth-order valence-electron chi connectivity index (χ4n) is 2.97. The maximum absolute atomic E-state index is 12.6. The van der Waals surface area contributed by atoms with Gasteiger partial charge in [-0.15, -0.1) is 0 Å². The van der Waals surface area contributed by atoms with Crippen LogP contribution < -0.4 is 20.1 Å². The highest BCUT2D eigenvalue weighted by Crippen LogP contribution is 2.27. The number of ether oxygens (including phenoxy) is 2. The highest BCUT2D eigenvalue weighted by atomic mass is 19.3. The van der Waals surface area contributed by atoms with E-state index in [1.807, 2.05) is 38.4 Å². The van der Waals surface area contributed by atoms with Gasteiger partial charge in [0, 0.05) is 31.3 Å². The number of guanidine groups is 1. The topological polar surface area (TPSA) is 58.1 Å². The first-order valence-electron chi connectivity index (χ1n) is 9.22. The molecule has 8 heteroatoms. The van der Waals surface area contributed by atoms with Gasteiger partial charge in [0.15, 0.2) is 5.96 Å². The minimum absolute atomic E-state index is 0.0409. The number of nitrogens with zero attached hydrogens (tertiary/aromatic N) is 2. The lowest BCUT2D eigenvalue weighted by molar-refractivity contribution is -0.0504. The van der Waals surface area contributed by atoms with Gasteiger partial charge in [0.1, 0.15) is 11.5 Å². The Labute approximate surface area is 170 Å². The first kappa shape index (κ1) is 22.4. The van der Waals surface area contributed by atoms with Crippen LogP contribution in [0.25, 0.3) is 0 Å². The monoisotopic (exact) mass is 406 g/mol. The molecular weight excluding hydrogens is 378 g/mol. The summed E-state index contributed by atoms with van der Waals surface area (Å²) in [5.74, 6) is 1.51. The Bertz CT molecular complexity index is 800. The van der Waals surface area contributed by atoms with Crippen LogP contribution in [0.3, 0.4) is 0 Å². The summed E-state index contributed by atoms with van der Waals surface area (Å²) < 4.78 is 35.2. The lowest BCUT2D eigenvalue weighted by Crippen LogP contribution is -2.41. The zero-order valence-corrected chi connectivity index (χ0v) is 17.2. The molecule has 29 heavy (non-hydrogen) atoms. The Balaban J connectivity index is 2.03. The highest BCUT2D eigenvalue weighted by molar-refractivity contribution is 5.79. The Morgan fingerprint density at radius 3 is 2.31 bits per heavy atom. The molecule has 0 aliphatic heterocycles. The molecule has 1 unspecified atom stereocenters. The summed E-state index contributed by atoms with van der Waals surface area (Å²) in [6.45, 7) is -2.00. The van der Waals surface area contributed by atoms with Crippen LogP contribution in [-0.4, -0.2) is 52.3 Å². The van der Waals surface area contributed by atoms with Gasteiger partial charge >= 0.3 is 6.61 Å². The number of hydrogen-bond acceptors (Lipinski definition) is 4. The highest BCUT2D eigenvalue weighted by Gasteiger charge is 2.18. The first-order chi connectivity index (χ1) is 14.0. The van der Waals surface area contributed by atoms with E-state index in [1.165, 1.54) is 6.07 Å². The summed E-state index contributed by atoms with van der Waals surface area (Å²) in [6, 6.07) is 14.6. The van der Waals surface area contributed by atoms with Crippen molar-refractivity contribution in [3.05, 3.63) is 59.7 Å². The second-order valence-corrected chi connectivity index (χ2v) is 6.51. The van der Waals surface area contributed by atoms with Crippen molar-refractivity contribution in [3.63, 3.8) is 0 Å². The van der Waals surface area contributed by atoms with Crippen LogP contribution in [0.1, 0.15) is 17.2 Å². The molecule has 0 fully saturated rings. The maximum atomic E-state index is 12.6. The SMILES string of the molecule is CN=C(NCc1ccccc1OC(F)F)NCC(c1ccccc1OC)N(C)C. The molecule has 2 aromatic rings. The molecular formula is C21H28F2N4O2. The Kier molecular flexibility index (Phi) is 8.67. The number of nitrogens with one attached hydrogen (secondary N) is 2. The van der Waals surface area contributed by atoms with Gasteiger partial charge in [-0.2, -0.15) is 8.78 Å². The van der Waals surface area contributed by atoms with Crippen molar-refractivity contribution in [2.45, 2.75) is 19.2 Å². The molecule has 0 saturated carbocycles. The molecule has 0 aliphatic carbocycles. The molecule has 0 saturated heterocycles. The van der Waals surface area contributed by atoms with Gasteiger partial charge in [0.05, 0.1) is 13.2 Å². The number of methoxy groups -OCH3 is 1. The molecule has 0 radical (unpaired) electrons. The number of aliphatic imine (C=N–C) groups is 1. The van der Waals surface area contributed by atoms with Crippen LogP contribution in [-0.2, 0) is 6.54 Å². The molecule has 0 bridgehead atoms. The van der Waals surface area contributed by atoms with Crippen molar-refractivity contribution in [1.29, 1.82) is 0 Å². The molecule has 0 amide bonds. The van der Waals surface area contributed by atoms with Gasteiger partial charge in [0.2, 0.25) is 0 Å². The average Bonchev–Trinajstić information content (AvgIpc) is 2.71. The maximum Gasteiger partial charge on any atom is 0.387 e. The minimum Gasteiger partial charge on any atom is -0.496 e. The zero-order chi connectivity index (χ0) is 21.2. The molecule has 0 aliphatic rings. The fraction of sp³-hybridized carbons (Fsp3) is 0.381. The number of likely N-dealkylation sites (N-methyl/N-ethyl adjacent to an activating group) is 1. The number of para-hydroxylation sites is 2. The number of benzene rings is 2. The smallest absolute Gasteiger partial charge is 0.387 e. The predicted molar refractivity (Wildman–Crippen MR) is 111 cm³/mol. The van der Waals surface area contributed by atoms with Gasteiger partial charge < -0.3 is 25.0 Å². The van der Waals surface area contributed by atoms with Crippen LogP contribution in [0.5, 0.6) is 11.5 Å². The van der Waals surface area contributed by atoms with Crippen LogP contribution in [0.4, 0.5) is 8.78 Å². The summed E-state index contributed by atoms with van der Waals surface area (Å²) in [7, 11) is 7.29. The molecule has 1 atom stereocenters. The second kappa shape index (κ2) is 11.2. The summed E-state index contributed by atoms with van der Waals surface area (Å²) in [4.78, 5) is 6.30. The quantitative estimate of drug-likeness (QED) is 0.495. The first-order valence-corrected chi connectivity index (χ1v) is 9.22. The average molecular weight is 406 g/mol. The van der Waals surface area contributed by atoms with Gasteiger partial charge in [0.25, 0.3) is 0 Å². The van der Waals surface area contributed by atoms with E-state index in [1.54, 1.807) is 32.4 Å². The van der Waals surface area contributed by atoms with Crippen molar-refractivity contribution in [1.82, 2.24) is 15.5 Å². The van der Waals surface area contributed by atoms with Crippen molar-refractivity contribution < 1.29 is 18.3 Å². The standard InChI is InChI=1S/C21H28F2N4O2/c1-24-21(25-13-15-9-5-7-11-18(15)29-20(22)23)26-14-17(27(2)3)16-10-6-8-12-19(16)28-4/h5-12,17,20H,13-14H2,1-4H3,(H2,24,25,26). The van der Waals surface area contributed by atoms with Gasteiger partial charge in [-0.1, -0.05) is 36.4 Å². The van der Waals surface area contributed by atoms with Crippen LogP contribution in [0.2, 0.25) is 0 Å². The molecule has 2 N–H and O–H groups in total. The van der Waals surface area contributed by atoms with Crippen molar-refractivity contribution >= 4 is 5.96 Å². The molecule has 0 spiro atoms. The largest absolute Gasteiger partial charge is 0.496 e. The minimum atomic E-state index is -2.87. The summed E-state index contributed by atoms with van der Waals surface area (Å²) in [5, 5.41) is 6.42. The Hall–Kier alpha value is -2.87. The summed E-state index contributed by atoms with van der Waals surface area (Å²) in [5.41, 5.74) is 1.67.